The van der Waals surface area contributed by atoms with Gasteiger partial charge in [-0.05, 0) is 18.2 Å². The third kappa shape index (κ3) is 2.57. The highest BCUT2D eigenvalue weighted by atomic mass is 16.3. The topological polar surface area (TPSA) is 70.7 Å². The summed E-state index contributed by atoms with van der Waals surface area (Å²) in [6.45, 7) is 0.665. The smallest absolute Gasteiger partial charge is 0.256 e. The minimum absolute atomic E-state index is 0.00614. The van der Waals surface area contributed by atoms with Crippen molar-refractivity contribution in [2.75, 3.05) is 13.2 Å². The molecule has 28 heavy (non-hydrogen) atoms. The highest BCUT2D eigenvalue weighted by molar-refractivity contribution is 6.10. The Morgan fingerprint density at radius 3 is 2.57 bits per heavy atom. The van der Waals surface area contributed by atoms with Gasteiger partial charge in [-0.3, -0.25) is 9.20 Å². The van der Waals surface area contributed by atoms with Gasteiger partial charge in [-0.2, -0.15) is 0 Å². The van der Waals surface area contributed by atoms with Gasteiger partial charge in [0.25, 0.3) is 5.91 Å². The number of hydrogen-bond acceptors (Lipinski definition) is 4. The summed E-state index contributed by atoms with van der Waals surface area (Å²) in [5.41, 5.74) is 2.28. The van der Waals surface area contributed by atoms with Crippen LogP contribution in [0.1, 0.15) is 23.2 Å². The Morgan fingerprint density at radius 2 is 1.79 bits per heavy atom. The molecule has 3 heterocycles. The second-order valence-electron chi connectivity index (χ2n) is 7.15. The molecule has 2 aromatic carbocycles. The molecule has 0 bridgehead atoms. The van der Waals surface area contributed by atoms with Crippen LogP contribution in [0.4, 0.5) is 0 Å². The molecule has 0 saturated carbocycles. The lowest BCUT2D eigenvalue weighted by Gasteiger charge is -2.24. The van der Waals surface area contributed by atoms with Gasteiger partial charge < -0.3 is 10.0 Å². The fraction of sp³-hybridized carbons (Fsp3) is 0.227. The molecule has 140 valence electrons. The lowest BCUT2D eigenvalue weighted by Crippen LogP contribution is -2.37. The summed E-state index contributed by atoms with van der Waals surface area (Å²) in [7, 11) is 0. The molecule has 1 fully saturated rings. The Hall–Kier alpha value is -3.25. The van der Waals surface area contributed by atoms with Gasteiger partial charge in [0.15, 0.2) is 11.5 Å². The van der Waals surface area contributed by atoms with Crippen molar-refractivity contribution in [2.45, 2.75) is 18.9 Å². The van der Waals surface area contributed by atoms with Crippen molar-refractivity contribution in [1.29, 1.82) is 0 Å². The van der Waals surface area contributed by atoms with E-state index in [4.69, 9.17) is 0 Å². The number of aliphatic hydroxyl groups is 1. The first-order valence-electron chi connectivity index (χ1n) is 9.51. The summed E-state index contributed by atoms with van der Waals surface area (Å²) >= 11 is 0. The summed E-state index contributed by atoms with van der Waals surface area (Å²) in [4.78, 5) is 15.2. The van der Waals surface area contributed by atoms with Crippen molar-refractivity contribution in [3.63, 3.8) is 0 Å². The molecule has 6 heteroatoms. The minimum Gasteiger partial charge on any atom is -0.394 e. The van der Waals surface area contributed by atoms with E-state index in [1.54, 1.807) is 4.90 Å². The number of hydrogen-bond donors (Lipinski definition) is 1. The normalized spacial score (nSPS) is 16.9. The zero-order chi connectivity index (χ0) is 19.1. The van der Waals surface area contributed by atoms with E-state index in [0.29, 0.717) is 17.9 Å². The molecule has 1 N–H and O–H groups in total. The van der Waals surface area contributed by atoms with Crippen LogP contribution >= 0.6 is 0 Å². The minimum atomic E-state index is -0.114. The number of amides is 1. The average molecular weight is 372 g/mol. The molecule has 1 aliphatic rings. The SMILES string of the molecule is O=C(c1cn2c(-c3ccccc3)nnc2c2ccccc12)N1CCCC1CO. The fourth-order valence-electron chi connectivity index (χ4n) is 4.11. The summed E-state index contributed by atoms with van der Waals surface area (Å²) < 4.78 is 1.90. The summed E-state index contributed by atoms with van der Waals surface area (Å²) in [5.74, 6) is 0.651. The number of fused-ring (bicyclic) bond motifs is 3. The van der Waals surface area contributed by atoms with Crippen LogP contribution in [0.5, 0.6) is 0 Å². The van der Waals surface area contributed by atoms with Crippen LogP contribution in [0.2, 0.25) is 0 Å². The number of aromatic nitrogens is 3. The molecular weight excluding hydrogens is 352 g/mol. The van der Waals surface area contributed by atoms with Crippen LogP contribution in [-0.2, 0) is 0 Å². The van der Waals surface area contributed by atoms with Crippen LogP contribution in [0.15, 0.2) is 60.8 Å². The number of pyridine rings is 1. The maximum absolute atomic E-state index is 13.4. The highest BCUT2D eigenvalue weighted by Gasteiger charge is 2.30. The van der Waals surface area contributed by atoms with Crippen molar-refractivity contribution >= 4 is 22.3 Å². The molecule has 1 aliphatic heterocycles. The maximum Gasteiger partial charge on any atom is 0.256 e. The molecule has 6 nitrogen and oxygen atoms in total. The largest absolute Gasteiger partial charge is 0.394 e. The second-order valence-corrected chi connectivity index (χ2v) is 7.15. The van der Waals surface area contributed by atoms with Crippen LogP contribution in [0.3, 0.4) is 0 Å². The predicted molar refractivity (Wildman–Crippen MR) is 107 cm³/mol. The molecule has 5 rings (SSSR count). The fourth-order valence-corrected chi connectivity index (χ4v) is 4.11. The lowest BCUT2D eigenvalue weighted by atomic mass is 10.1. The van der Waals surface area contributed by atoms with Crippen molar-refractivity contribution in [1.82, 2.24) is 19.5 Å². The molecule has 4 aromatic rings. The van der Waals surface area contributed by atoms with Gasteiger partial charge in [-0.15, -0.1) is 10.2 Å². The van der Waals surface area contributed by atoms with Crippen LogP contribution in [0, 0.1) is 0 Å². The third-order valence-electron chi connectivity index (χ3n) is 5.52. The van der Waals surface area contributed by atoms with Crippen molar-refractivity contribution in [3.05, 3.63) is 66.4 Å². The molecule has 1 saturated heterocycles. The number of likely N-dealkylation sites (tertiary alicyclic amines) is 1. The molecule has 0 radical (unpaired) electrons. The number of rotatable bonds is 3. The van der Waals surface area contributed by atoms with E-state index in [0.717, 1.165) is 34.8 Å². The summed E-state index contributed by atoms with van der Waals surface area (Å²) in [5, 5.41) is 20.2. The predicted octanol–water partition coefficient (Wildman–Crippen LogP) is 3.15. The van der Waals surface area contributed by atoms with Crippen LogP contribution < -0.4 is 0 Å². The quantitative estimate of drug-likeness (QED) is 0.600. The van der Waals surface area contributed by atoms with Crippen molar-refractivity contribution in [3.8, 4) is 11.4 Å². The first-order valence-corrected chi connectivity index (χ1v) is 9.51. The Balaban J connectivity index is 1.75. The number of benzene rings is 2. The van der Waals surface area contributed by atoms with E-state index in [2.05, 4.69) is 10.2 Å². The van der Waals surface area contributed by atoms with Crippen LogP contribution in [-0.4, -0.2) is 49.7 Å². The first kappa shape index (κ1) is 16.9. The van der Waals surface area contributed by atoms with E-state index < -0.39 is 0 Å². The van der Waals surface area contributed by atoms with Crippen LogP contribution in [0.25, 0.3) is 27.8 Å². The van der Waals surface area contributed by atoms with Crippen molar-refractivity contribution in [2.24, 2.45) is 0 Å². The summed E-state index contributed by atoms with van der Waals surface area (Å²) in [6, 6.07) is 17.5. The molecule has 2 aromatic heterocycles. The van der Waals surface area contributed by atoms with E-state index in [1.165, 1.54) is 0 Å². The van der Waals surface area contributed by atoms with Gasteiger partial charge in [0.1, 0.15) is 0 Å². The van der Waals surface area contributed by atoms with E-state index in [1.807, 2.05) is 65.2 Å². The average Bonchev–Trinajstić information content (AvgIpc) is 3.40. The Labute approximate surface area is 162 Å². The van der Waals surface area contributed by atoms with Gasteiger partial charge >= 0.3 is 0 Å². The van der Waals surface area contributed by atoms with Gasteiger partial charge in [0, 0.05) is 23.7 Å². The van der Waals surface area contributed by atoms with Gasteiger partial charge in [0.05, 0.1) is 18.2 Å². The zero-order valence-electron chi connectivity index (χ0n) is 15.3. The third-order valence-corrected chi connectivity index (χ3v) is 5.52. The first-order chi connectivity index (χ1) is 13.8. The monoisotopic (exact) mass is 372 g/mol. The lowest BCUT2D eigenvalue weighted by molar-refractivity contribution is 0.0679. The molecule has 1 atom stereocenters. The highest BCUT2D eigenvalue weighted by Crippen LogP contribution is 2.29. The van der Waals surface area contributed by atoms with Crippen molar-refractivity contribution < 1.29 is 9.90 Å². The van der Waals surface area contributed by atoms with Gasteiger partial charge in [0.2, 0.25) is 0 Å². The molecular formula is C22H20N4O2. The molecule has 1 unspecified atom stereocenters. The van der Waals surface area contributed by atoms with E-state index >= 15 is 0 Å². The van der Waals surface area contributed by atoms with Gasteiger partial charge in [-0.1, -0.05) is 54.6 Å². The Morgan fingerprint density at radius 1 is 1.04 bits per heavy atom. The number of carbonyl (C=O) groups excluding carboxylic acids is 1. The molecule has 0 aliphatic carbocycles. The molecule has 1 amide bonds. The van der Waals surface area contributed by atoms with E-state index in [-0.39, 0.29) is 18.6 Å². The number of nitrogens with zero attached hydrogens (tertiary/aromatic N) is 4. The van der Waals surface area contributed by atoms with Gasteiger partial charge in [-0.25, -0.2) is 0 Å². The summed E-state index contributed by atoms with van der Waals surface area (Å²) in [6.07, 6.45) is 3.60. The molecule has 0 spiro atoms. The number of carbonyl (C=O) groups is 1. The Bertz CT molecular complexity index is 1170. The Kier molecular flexibility index (Phi) is 4.06. The second kappa shape index (κ2) is 6.73. The van der Waals surface area contributed by atoms with E-state index in [9.17, 15) is 9.90 Å². The number of aliphatic hydroxyl groups excluding tert-OH is 1. The zero-order valence-corrected chi connectivity index (χ0v) is 15.3. The maximum atomic E-state index is 13.4. The standard InChI is InChI=1S/C22H20N4O2/c27-14-16-9-6-12-25(16)22(28)19-13-26-20(15-7-2-1-3-8-15)23-24-21(26)18-11-5-4-10-17(18)19/h1-5,7-8,10-11,13,16,27H,6,9,12,14H2.